The first kappa shape index (κ1) is 15.6. The van der Waals surface area contributed by atoms with E-state index in [1.165, 1.54) is 0 Å². The van der Waals surface area contributed by atoms with Gasteiger partial charge < -0.3 is 9.84 Å². The van der Waals surface area contributed by atoms with E-state index in [0.717, 1.165) is 12.8 Å². The van der Waals surface area contributed by atoms with Gasteiger partial charge in [-0.1, -0.05) is 19.3 Å². The molecule has 0 heterocycles. The number of hydrogen-bond acceptors (Lipinski definition) is 2. The minimum absolute atomic E-state index is 0.0819. The molecule has 16 heavy (non-hydrogen) atoms. The molecule has 0 rings (SSSR count). The predicted molar refractivity (Wildman–Crippen MR) is 51.9 cm³/mol. The second-order valence-electron chi connectivity index (χ2n) is 3.65. The van der Waals surface area contributed by atoms with Crippen LogP contribution in [-0.4, -0.2) is 37.3 Å². The summed E-state index contributed by atoms with van der Waals surface area (Å²) in [6.45, 7) is -1.59. The standard InChI is InChI=1S/C10H18F4O2/c11-9(7-15)5-3-1-2-4-6-16-8-10(12,13)14/h9,15H,1-8H2. The SMILES string of the molecule is OCC(F)CCCCCCOCC(F)(F)F. The van der Waals surface area contributed by atoms with E-state index in [1.54, 1.807) is 0 Å². The van der Waals surface area contributed by atoms with Crippen LogP contribution in [0.2, 0.25) is 0 Å². The molecule has 0 spiro atoms. The lowest BCUT2D eigenvalue weighted by Crippen LogP contribution is -2.17. The highest BCUT2D eigenvalue weighted by Gasteiger charge is 2.27. The molecular formula is C10H18F4O2. The molecule has 1 unspecified atom stereocenters. The summed E-state index contributed by atoms with van der Waals surface area (Å²) in [5, 5.41) is 8.38. The van der Waals surface area contributed by atoms with Crippen LogP contribution in [-0.2, 0) is 4.74 Å². The number of alkyl halides is 4. The molecule has 0 aliphatic carbocycles. The van der Waals surface area contributed by atoms with E-state index in [-0.39, 0.29) is 6.61 Å². The van der Waals surface area contributed by atoms with Gasteiger partial charge in [0.05, 0.1) is 6.61 Å². The first-order chi connectivity index (χ1) is 7.45. The van der Waals surface area contributed by atoms with Gasteiger partial charge in [-0.2, -0.15) is 13.2 Å². The van der Waals surface area contributed by atoms with Crippen molar-refractivity contribution in [1.82, 2.24) is 0 Å². The molecule has 6 heteroatoms. The van der Waals surface area contributed by atoms with E-state index in [9.17, 15) is 17.6 Å². The second kappa shape index (κ2) is 8.75. The highest BCUT2D eigenvalue weighted by atomic mass is 19.4. The summed E-state index contributed by atoms with van der Waals surface area (Å²) in [4.78, 5) is 0. The van der Waals surface area contributed by atoms with Crippen molar-refractivity contribution in [2.75, 3.05) is 19.8 Å². The third-order valence-corrected chi connectivity index (χ3v) is 2.02. The maximum atomic E-state index is 12.5. The Balaban J connectivity index is 3.10. The van der Waals surface area contributed by atoms with Crippen molar-refractivity contribution >= 4 is 0 Å². The van der Waals surface area contributed by atoms with Crippen molar-refractivity contribution < 1.29 is 27.4 Å². The third kappa shape index (κ3) is 11.7. The van der Waals surface area contributed by atoms with Crippen LogP contribution in [0.1, 0.15) is 32.1 Å². The van der Waals surface area contributed by atoms with E-state index >= 15 is 0 Å². The quantitative estimate of drug-likeness (QED) is 0.500. The molecule has 0 fully saturated rings. The maximum absolute atomic E-state index is 12.5. The smallest absolute Gasteiger partial charge is 0.393 e. The first-order valence-electron chi connectivity index (χ1n) is 5.35. The summed E-state index contributed by atoms with van der Waals surface area (Å²) in [5.41, 5.74) is 0. The molecule has 2 nitrogen and oxygen atoms in total. The number of unbranched alkanes of at least 4 members (excludes halogenated alkanes) is 3. The van der Waals surface area contributed by atoms with Crippen LogP contribution in [0.25, 0.3) is 0 Å². The van der Waals surface area contributed by atoms with Crippen molar-refractivity contribution in [1.29, 1.82) is 0 Å². The van der Waals surface area contributed by atoms with E-state index in [2.05, 4.69) is 4.74 Å². The zero-order valence-electron chi connectivity index (χ0n) is 9.10. The Hall–Kier alpha value is -0.360. The zero-order valence-corrected chi connectivity index (χ0v) is 9.10. The van der Waals surface area contributed by atoms with Crippen LogP contribution in [0.4, 0.5) is 17.6 Å². The fraction of sp³-hybridized carbons (Fsp3) is 1.00. The van der Waals surface area contributed by atoms with Gasteiger partial charge in [0.25, 0.3) is 0 Å². The molecule has 0 aliphatic heterocycles. The number of rotatable bonds is 9. The average molecular weight is 246 g/mol. The highest BCUT2D eigenvalue weighted by Crippen LogP contribution is 2.15. The van der Waals surface area contributed by atoms with Crippen LogP contribution in [0.15, 0.2) is 0 Å². The van der Waals surface area contributed by atoms with Gasteiger partial charge in [0, 0.05) is 6.61 Å². The van der Waals surface area contributed by atoms with E-state index < -0.39 is 25.6 Å². The summed E-state index contributed by atoms with van der Waals surface area (Å²) in [7, 11) is 0. The van der Waals surface area contributed by atoms with Gasteiger partial charge in [-0.15, -0.1) is 0 Å². The Kier molecular flexibility index (Phi) is 8.56. The Labute approximate surface area is 92.6 Å². The Morgan fingerprint density at radius 3 is 2.25 bits per heavy atom. The van der Waals surface area contributed by atoms with Gasteiger partial charge in [0.1, 0.15) is 12.8 Å². The Morgan fingerprint density at radius 1 is 1.06 bits per heavy atom. The number of aliphatic hydroxyl groups is 1. The number of halogens is 4. The molecule has 1 atom stereocenters. The molecule has 0 amide bonds. The molecule has 0 saturated heterocycles. The molecule has 0 radical (unpaired) electrons. The van der Waals surface area contributed by atoms with Crippen LogP contribution in [0.3, 0.4) is 0 Å². The van der Waals surface area contributed by atoms with Crippen LogP contribution < -0.4 is 0 Å². The van der Waals surface area contributed by atoms with Gasteiger partial charge in [0.2, 0.25) is 0 Å². The molecular weight excluding hydrogens is 228 g/mol. The van der Waals surface area contributed by atoms with Gasteiger partial charge in [-0.25, -0.2) is 4.39 Å². The van der Waals surface area contributed by atoms with Gasteiger partial charge >= 0.3 is 6.18 Å². The van der Waals surface area contributed by atoms with Crippen LogP contribution in [0.5, 0.6) is 0 Å². The van der Waals surface area contributed by atoms with E-state index in [0.29, 0.717) is 19.3 Å². The summed E-state index contributed by atoms with van der Waals surface area (Å²) in [6.07, 6.45) is -2.48. The van der Waals surface area contributed by atoms with Crippen molar-refractivity contribution in [2.45, 2.75) is 44.5 Å². The number of ether oxygens (including phenoxy) is 1. The normalized spacial score (nSPS) is 14.1. The number of aliphatic hydroxyl groups excluding tert-OH is 1. The lowest BCUT2D eigenvalue weighted by atomic mass is 10.1. The predicted octanol–water partition coefficient (Wildman–Crippen LogP) is 2.85. The summed E-state index contributed by atoms with van der Waals surface area (Å²) < 4.78 is 51.8. The van der Waals surface area contributed by atoms with Gasteiger partial charge in [-0.05, 0) is 12.8 Å². The topological polar surface area (TPSA) is 29.5 Å². The fourth-order valence-electron chi connectivity index (χ4n) is 1.20. The minimum atomic E-state index is -4.26. The van der Waals surface area contributed by atoms with E-state index in [1.807, 2.05) is 0 Å². The minimum Gasteiger partial charge on any atom is -0.393 e. The van der Waals surface area contributed by atoms with Crippen LogP contribution >= 0.6 is 0 Å². The summed E-state index contributed by atoms with van der Waals surface area (Å²) >= 11 is 0. The Bertz CT molecular complexity index is 161. The van der Waals surface area contributed by atoms with Crippen molar-refractivity contribution in [3.05, 3.63) is 0 Å². The van der Waals surface area contributed by atoms with Gasteiger partial charge in [0.15, 0.2) is 0 Å². The lowest BCUT2D eigenvalue weighted by Gasteiger charge is -2.07. The van der Waals surface area contributed by atoms with Crippen molar-refractivity contribution in [3.63, 3.8) is 0 Å². The zero-order chi connectivity index (χ0) is 12.4. The summed E-state index contributed by atoms with van der Waals surface area (Å²) in [6, 6.07) is 0. The first-order valence-corrected chi connectivity index (χ1v) is 5.35. The van der Waals surface area contributed by atoms with Crippen molar-refractivity contribution in [2.24, 2.45) is 0 Å². The Morgan fingerprint density at radius 2 is 1.69 bits per heavy atom. The highest BCUT2D eigenvalue weighted by molar-refractivity contribution is 4.54. The maximum Gasteiger partial charge on any atom is 0.411 e. The molecule has 0 aliphatic rings. The molecule has 0 bridgehead atoms. The van der Waals surface area contributed by atoms with Crippen molar-refractivity contribution in [3.8, 4) is 0 Å². The molecule has 98 valence electrons. The summed E-state index contributed by atoms with van der Waals surface area (Å²) in [5.74, 6) is 0. The molecule has 0 aromatic heterocycles. The fourth-order valence-corrected chi connectivity index (χ4v) is 1.20. The van der Waals surface area contributed by atoms with Crippen LogP contribution in [0, 0.1) is 0 Å². The third-order valence-electron chi connectivity index (χ3n) is 2.02. The second-order valence-corrected chi connectivity index (χ2v) is 3.65. The molecule has 0 saturated carbocycles. The molecule has 1 N–H and O–H groups in total. The number of hydrogen-bond donors (Lipinski definition) is 1. The van der Waals surface area contributed by atoms with E-state index in [4.69, 9.17) is 5.11 Å². The lowest BCUT2D eigenvalue weighted by molar-refractivity contribution is -0.174. The largest absolute Gasteiger partial charge is 0.411 e. The van der Waals surface area contributed by atoms with Gasteiger partial charge in [-0.3, -0.25) is 0 Å². The average Bonchev–Trinajstić information content (AvgIpc) is 2.20. The molecule has 0 aromatic rings. The monoisotopic (exact) mass is 246 g/mol. The molecule has 0 aromatic carbocycles.